The summed E-state index contributed by atoms with van der Waals surface area (Å²) in [6.45, 7) is 10.8. The summed E-state index contributed by atoms with van der Waals surface area (Å²) in [5, 5.41) is 0. The van der Waals surface area contributed by atoms with Crippen molar-refractivity contribution in [2.75, 3.05) is 19.6 Å². The van der Waals surface area contributed by atoms with Crippen LogP contribution < -0.4 is 5.73 Å². The molecular weight excluding hydrogens is 244 g/mol. The molecule has 1 saturated carbocycles. The van der Waals surface area contributed by atoms with Gasteiger partial charge in [0, 0.05) is 13.1 Å². The molecule has 0 aliphatic heterocycles. The molecule has 20 heavy (non-hydrogen) atoms. The number of hydrogen-bond acceptors (Lipinski definition) is 2. The fraction of sp³-hybridized carbons (Fsp3) is 0.667. The molecule has 0 atom stereocenters. The minimum atomic E-state index is 0.198. The van der Waals surface area contributed by atoms with E-state index in [2.05, 4.69) is 49.9 Å². The molecule has 0 aromatic heterocycles. The average molecular weight is 274 g/mol. The van der Waals surface area contributed by atoms with Crippen LogP contribution in [0.1, 0.15) is 57.1 Å². The molecule has 2 rings (SSSR count). The SMILES string of the molecule is CCCN(Cc1cccc(C2CC2)c1)CC(C)(C)CN. The third-order valence-corrected chi connectivity index (χ3v) is 4.15. The Bertz CT molecular complexity index is 421. The van der Waals surface area contributed by atoms with Crippen LogP contribution in [0, 0.1) is 5.41 Å². The Kier molecular flexibility index (Phi) is 5.22. The van der Waals surface area contributed by atoms with Gasteiger partial charge in [0.25, 0.3) is 0 Å². The molecule has 2 N–H and O–H groups in total. The average Bonchev–Trinajstić information content (AvgIpc) is 3.23. The van der Waals surface area contributed by atoms with E-state index in [9.17, 15) is 0 Å². The summed E-state index contributed by atoms with van der Waals surface area (Å²) in [6, 6.07) is 9.19. The van der Waals surface area contributed by atoms with Crippen molar-refractivity contribution in [2.45, 2.75) is 52.5 Å². The van der Waals surface area contributed by atoms with Gasteiger partial charge in [-0.1, -0.05) is 45.0 Å². The first kappa shape index (κ1) is 15.5. The Morgan fingerprint density at radius 1 is 1.30 bits per heavy atom. The van der Waals surface area contributed by atoms with E-state index in [-0.39, 0.29) is 5.41 Å². The van der Waals surface area contributed by atoms with Crippen molar-refractivity contribution in [1.29, 1.82) is 0 Å². The van der Waals surface area contributed by atoms with E-state index < -0.39 is 0 Å². The van der Waals surface area contributed by atoms with E-state index in [1.807, 2.05) is 0 Å². The molecule has 0 radical (unpaired) electrons. The highest BCUT2D eigenvalue weighted by molar-refractivity contribution is 5.29. The van der Waals surface area contributed by atoms with Crippen LogP contribution in [0.5, 0.6) is 0 Å². The third kappa shape index (κ3) is 4.60. The Morgan fingerprint density at radius 2 is 2.05 bits per heavy atom. The molecule has 0 amide bonds. The smallest absolute Gasteiger partial charge is 0.0234 e. The summed E-state index contributed by atoms with van der Waals surface area (Å²) < 4.78 is 0. The summed E-state index contributed by atoms with van der Waals surface area (Å²) >= 11 is 0. The summed E-state index contributed by atoms with van der Waals surface area (Å²) in [6.07, 6.45) is 3.95. The van der Waals surface area contributed by atoms with Gasteiger partial charge < -0.3 is 5.73 Å². The first-order valence-electron chi connectivity index (χ1n) is 8.05. The van der Waals surface area contributed by atoms with Gasteiger partial charge in [0.05, 0.1) is 0 Å². The lowest BCUT2D eigenvalue weighted by Gasteiger charge is -2.31. The highest BCUT2D eigenvalue weighted by atomic mass is 15.1. The zero-order chi connectivity index (χ0) is 14.6. The number of rotatable bonds is 8. The molecule has 1 aliphatic carbocycles. The number of nitrogens with two attached hydrogens (primary N) is 1. The van der Waals surface area contributed by atoms with Crippen molar-refractivity contribution in [2.24, 2.45) is 11.1 Å². The van der Waals surface area contributed by atoms with Gasteiger partial charge in [-0.2, -0.15) is 0 Å². The fourth-order valence-corrected chi connectivity index (χ4v) is 2.82. The van der Waals surface area contributed by atoms with Crippen molar-refractivity contribution in [1.82, 2.24) is 4.90 Å². The third-order valence-electron chi connectivity index (χ3n) is 4.15. The second-order valence-corrected chi connectivity index (χ2v) is 7.10. The zero-order valence-electron chi connectivity index (χ0n) is 13.4. The quantitative estimate of drug-likeness (QED) is 0.782. The van der Waals surface area contributed by atoms with E-state index in [1.54, 1.807) is 0 Å². The van der Waals surface area contributed by atoms with Crippen molar-refractivity contribution in [3.8, 4) is 0 Å². The minimum Gasteiger partial charge on any atom is -0.330 e. The van der Waals surface area contributed by atoms with Crippen LogP contribution in [0.15, 0.2) is 24.3 Å². The standard InChI is InChI=1S/C18H30N2/c1-4-10-20(14-18(2,3)13-19)12-15-6-5-7-17(11-15)16-8-9-16/h5-7,11,16H,4,8-10,12-14,19H2,1-3H3. The maximum absolute atomic E-state index is 5.89. The Hall–Kier alpha value is -0.860. The summed E-state index contributed by atoms with van der Waals surface area (Å²) in [4.78, 5) is 2.55. The number of benzene rings is 1. The minimum absolute atomic E-state index is 0.198. The molecular formula is C18H30N2. The predicted octanol–water partition coefficient (Wildman–Crippen LogP) is 3.76. The predicted molar refractivity (Wildman–Crippen MR) is 86.8 cm³/mol. The molecule has 1 aliphatic rings. The molecule has 112 valence electrons. The Labute approximate surface area is 124 Å². The second-order valence-electron chi connectivity index (χ2n) is 7.10. The van der Waals surface area contributed by atoms with Crippen molar-refractivity contribution < 1.29 is 0 Å². The van der Waals surface area contributed by atoms with E-state index in [4.69, 9.17) is 5.73 Å². The summed E-state index contributed by atoms with van der Waals surface area (Å²) in [5.41, 5.74) is 9.08. The molecule has 1 aromatic rings. The van der Waals surface area contributed by atoms with Gasteiger partial charge in [0.2, 0.25) is 0 Å². The molecule has 2 nitrogen and oxygen atoms in total. The largest absolute Gasteiger partial charge is 0.330 e. The molecule has 0 spiro atoms. The van der Waals surface area contributed by atoms with Crippen LogP contribution in [-0.2, 0) is 6.54 Å². The monoisotopic (exact) mass is 274 g/mol. The van der Waals surface area contributed by atoms with E-state index in [1.165, 1.54) is 30.4 Å². The van der Waals surface area contributed by atoms with Gasteiger partial charge in [0.15, 0.2) is 0 Å². The first-order chi connectivity index (χ1) is 9.54. The van der Waals surface area contributed by atoms with Crippen LogP contribution in [0.4, 0.5) is 0 Å². The van der Waals surface area contributed by atoms with Gasteiger partial charge >= 0.3 is 0 Å². The Morgan fingerprint density at radius 3 is 2.65 bits per heavy atom. The van der Waals surface area contributed by atoms with Crippen LogP contribution in [0.25, 0.3) is 0 Å². The second kappa shape index (κ2) is 6.73. The highest BCUT2D eigenvalue weighted by Crippen LogP contribution is 2.40. The molecule has 0 unspecified atom stereocenters. The van der Waals surface area contributed by atoms with Gasteiger partial charge in [-0.25, -0.2) is 0 Å². The van der Waals surface area contributed by atoms with Crippen LogP contribution in [0.3, 0.4) is 0 Å². The number of nitrogens with zero attached hydrogens (tertiary/aromatic N) is 1. The van der Waals surface area contributed by atoms with Gasteiger partial charge in [-0.3, -0.25) is 4.90 Å². The fourth-order valence-electron chi connectivity index (χ4n) is 2.82. The van der Waals surface area contributed by atoms with Gasteiger partial charge in [0.1, 0.15) is 0 Å². The van der Waals surface area contributed by atoms with Gasteiger partial charge in [-0.15, -0.1) is 0 Å². The molecule has 2 heteroatoms. The van der Waals surface area contributed by atoms with E-state index >= 15 is 0 Å². The molecule has 0 heterocycles. The molecule has 1 aromatic carbocycles. The van der Waals surface area contributed by atoms with Crippen molar-refractivity contribution >= 4 is 0 Å². The number of hydrogen-bond donors (Lipinski definition) is 1. The lowest BCUT2D eigenvalue weighted by molar-refractivity contribution is 0.176. The van der Waals surface area contributed by atoms with Crippen LogP contribution in [-0.4, -0.2) is 24.5 Å². The first-order valence-corrected chi connectivity index (χ1v) is 8.05. The van der Waals surface area contributed by atoms with Gasteiger partial charge in [-0.05, 0) is 54.8 Å². The maximum Gasteiger partial charge on any atom is 0.0234 e. The topological polar surface area (TPSA) is 29.3 Å². The molecule has 0 bridgehead atoms. The zero-order valence-corrected chi connectivity index (χ0v) is 13.4. The Balaban J connectivity index is 2.01. The summed E-state index contributed by atoms with van der Waals surface area (Å²) in [5.74, 6) is 0.843. The van der Waals surface area contributed by atoms with Crippen molar-refractivity contribution in [3.05, 3.63) is 35.4 Å². The normalized spacial score (nSPS) is 15.8. The maximum atomic E-state index is 5.89. The van der Waals surface area contributed by atoms with E-state index in [0.29, 0.717) is 0 Å². The molecule has 0 saturated heterocycles. The van der Waals surface area contributed by atoms with Crippen LogP contribution in [0.2, 0.25) is 0 Å². The lowest BCUT2D eigenvalue weighted by atomic mass is 9.92. The summed E-state index contributed by atoms with van der Waals surface area (Å²) in [7, 11) is 0. The van der Waals surface area contributed by atoms with Crippen molar-refractivity contribution in [3.63, 3.8) is 0 Å². The lowest BCUT2D eigenvalue weighted by Crippen LogP contribution is -2.38. The molecule has 1 fully saturated rings. The highest BCUT2D eigenvalue weighted by Gasteiger charge is 2.24. The van der Waals surface area contributed by atoms with Crippen LogP contribution >= 0.6 is 0 Å². The van der Waals surface area contributed by atoms with E-state index in [0.717, 1.165) is 32.1 Å².